The van der Waals surface area contributed by atoms with Crippen LogP contribution in [0.2, 0.25) is 0 Å². The third-order valence-electron chi connectivity index (χ3n) is 1.51. The minimum atomic E-state index is -0.887. The van der Waals surface area contributed by atoms with Crippen LogP contribution in [0, 0.1) is 12.3 Å². The zero-order valence-electron chi connectivity index (χ0n) is 8.05. The van der Waals surface area contributed by atoms with E-state index in [2.05, 4.69) is 29.2 Å². The van der Waals surface area contributed by atoms with Crippen molar-refractivity contribution >= 4 is 18.5 Å². The van der Waals surface area contributed by atoms with Gasteiger partial charge >= 0.3 is 0 Å². The van der Waals surface area contributed by atoms with Crippen molar-refractivity contribution in [2.45, 2.75) is 25.1 Å². The van der Waals surface area contributed by atoms with Gasteiger partial charge in [0.25, 0.3) is 0 Å². The van der Waals surface area contributed by atoms with Gasteiger partial charge in [-0.1, -0.05) is 12.8 Å². The summed E-state index contributed by atoms with van der Waals surface area (Å²) in [4.78, 5) is 10.5. The van der Waals surface area contributed by atoms with Crippen molar-refractivity contribution in [1.29, 1.82) is 0 Å². The van der Waals surface area contributed by atoms with Crippen molar-refractivity contribution in [2.75, 3.05) is 13.1 Å². The van der Waals surface area contributed by atoms with Gasteiger partial charge in [0.05, 0.1) is 6.54 Å². The molecule has 0 rings (SSSR count). The standard InChI is InChI=1S/C9H16N2OS/c1-4-6-10-8(12)9(3,13)11-7-5-2/h2,11,13H,4,6-7H2,1,3H3,(H,10,12). The van der Waals surface area contributed by atoms with Gasteiger partial charge < -0.3 is 5.32 Å². The lowest BCUT2D eigenvalue weighted by Gasteiger charge is -2.22. The van der Waals surface area contributed by atoms with Crippen LogP contribution in [0.3, 0.4) is 0 Å². The number of amides is 1. The average molecular weight is 200 g/mol. The predicted molar refractivity (Wildman–Crippen MR) is 57.5 cm³/mol. The van der Waals surface area contributed by atoms with Crippen LogP contribution in [-0.4, -0.2) is 23.9 Å². The summed E-state index contributed by atoms with van der Waals surface area (Å²) in [6, 6.07) is 0. The summed E-state index contributed by atoms with van der Waals surface area (Å²) >= 11 is 4.17. The van der Waals surface area contributed by atoms with E-state index in [1.807, 2.05) is 6.92 Å². The molecular formula is C9H16N2OS. The average Bonchev–Trinajstić information content (AvgIpc) is 2.10. The lowest BCUT2D eigenvalue weighted by Crippen LogP contribution is -2.51. The summed E-state index contributed by atoms with van der Waals surface area (Å²) in [5.74, 6) is 2.25. The molecule has 0 aliphatic carbocycles. The summed E-state index contributed by atoms with van der Waals surface area (Å²) in [7, 11) is 0. The van der Waals surface area contributed by atoms with Crippen molar-refractivity contribution in [2.24, 2.45) is 0 Å². The molecule has 0 aliphatic heterocycles. The quantitative estimate of drug-likeness (QED) is 0.341. The molecular weight excluding hydrogens is 184 g/mol. The van der Waals surface area contributed by atoms with E-state index in [0.717, 1.165) is 6.42 Å². The normalized spacial score (nSPS) is 14.3. The minimum Gasteiger partial charge on any atom is -0.354 e. The van der Waals surface area contributed by atoms with Crippen LogP contribution in [-0.2, 0) is 4.79 Å². The molecule has 4 heteroatoms. The molecule has 0 radical (unpaired) electrons. The van der Waals surface area contributed by atoms with Crippen LogP contribution in [0.5, 0.6) is 0 Å². The Labute approximate surface area is 85.1 Å². The number of thiol groups is 1. The van der Waals surface area contributed by atoms with Crippen molar-refractivity contribution in [1.82, 2.24) is 10.6 Å². The molecule has 0 heterocycles. The maximum absolute atomic E-state index is 11.4. The largest absolute Gasteiger partial charge is 0.354 e. The Balaban J connectivity index is 3.96. The number of hydrogen-bond donors (Lipinski definition) is 3. The molecule has 74 valence electrons. The molecule has 0 aromatic heterocycles. The second-order valence-corrected chi connectivity index (χ2v) is 3.78. The predicted octanol–water partition coefficient (Wildman–Crippen LogP) is 0.381. The van der Waals surface area contributed by atoms with Gasteiger partial charge in [-0.15, -0.1) is 19.1 Å². The van der Waals surface area contributed by atoms with E-state index in [1.165, 1.54) is 0 Å². The van der Waals surface area contributed by atoms with E-state index < -0.39 is 4.87 Å². The lowest BCUT2D eigenvalue weighted by atomic mass is 10.3. The molecule has 0 spiro atoms. The maximum Gasteiger partial charge on any atom is 0.250 e. The van der Waals surface area contributed by atoms with Crippen LogP contribution < -0.4 is 10.6 Å². The maximum atomic E-state index is 11.4. The minimum absolute atomic E-state index is 0.145. The topological polar surface area (TPSA) is 41.1 Å². The van der Waals surface area contributed by atoms with Gasteiger partial charge in [-0.05, 0) is 13.3 Å². The molecule has 1 amide bonds. The van der Waals surface area contributed by atoms with Gasteiger partial charge in [0.1, 0.15) is 4.87 Å². The molecule has 0 saturated carbocycles. The van der Waals surface area contributed by atoms with Crippen LogP contribution in [0.4, 0.5) is 0 Å². The molecule has 0 saturated heterocycles. The van der Waals surface area contributed by atoms with Crippen LogP contribution >= 0.6 is 12.6 Å². The van der Waals surface area contributed by atoms with E-state index in [-0.39, 0.29) is 5.91 Å². The van der Waals surface area contributed by atoms with E-state index in [4.69, 9.17) is 6.42 Å². The Morgan fingerprint density at radius 2 is 2.31 bits per heavy atom. The molecule has 2 N–H and O–H groups in total. The van der Waals surface area contributed by atoms with Gasteiger partial charge in [0, 0.05) is 6.54 Å². The molecule has 1 atom stereocenters. The Morgan fingerprint density at radius 1 is 1.69 bits per heavy atom. The van der Waals surface area contributed by atoms with Gasteiger partial charge in [-0.2, -0.15) is 0 Å². The molecule has 13 heavy (non-hydrogen) atoms. The van der Waals surface area contributed by atoms with Gasteiger partial charge in [-0.25, -0.2) is 0 Å². The monoisotopic (exact) mass is 200 g/mol. The van der Waals surface area contributed by atoms with Gasteiger partial charge in [0.2, 0.25) is 5.91 Å². The summed E-state index contributed by atoms with van der Waals surface area (Å²) in [5, 5.41) is 5.57. The van der Waals surface area contributed by atoms with Gasteiger partial charge in [0.15, 0.2) is 0 Å². The summed E-state index contributed by atoms with van der Waals surface area (Å²) < 4.78 is 0. The van der Waals surface area contributed by atoms with Crippen molar-refractivity contribution < 1.29 is 4.79 Å². The highest BCUT2D eigenvalue weighted by Crippen LogP contribution is 2.08. The molecule has 0 fully saturated rings. The Hall–Kier alpha value is -0.660. The number of terminal acetylenes is 1. The van der Waals surface area contributed by atoms with Crippen molar-refractivity contribution in [3.63, 3.8) is 0 Å². The molecule has 0 aliphatic rings. The van der Waals surface area contributed by atoms with E-state index >= 15 is 0 Å². The fourth-order valence-corrected chi connectivity index (χ4v) is 0.872. The van der Waals surface area contributed by atoms with E-state index in [1.54, 1.807) is 6.92 Å². The number of carbonyl (C=O) groups excluding carboxylic acids is 1. The lowest BCUT2D eigenvalue weighted by molar-refractivity contribution is -0.123. The Kier molecular flexibility index (Phi) is 5.60. The highest BCUT2D eigenvalue weighted by atomic mass is 32.1. The SMILES string of the molecule is C#CCNC(C)(S)C(=O)NCCC. The van der Waals surface area contributed by atoms with Crippen molar-refractivity contribution in [3.05, 3.63) is 0 Å². The van der Waals surface area contributed by atoms with E-state index in [9.17, 15) is 4.79 Å². The van der Waals surface area contributed by atoms with Crippen LogP contribution in [0.25, 0.3) is 0 Å². The molecule has 3 nitrogen and oxygen atoms in total. The Bertz CT molecular complexity index is 208. The second-order valence-electron chi connectivity index (χ2n) is 2.89. The highest BCUT2D eigenvalue weighted by Gasteiger charge is 2.26. The summed E-state index contributed by atoms with van der Waals surface area (Å²) in [6.07, 6.45) is 5.97. The number of hydrogen-bond acceptors (Lipinski definition) is 3. The third kappa shape index (κ3) is 4.81. The van der Waals surface area contributed by atoms with Crippen LogP contribution in [0.15, 0.2) is 0 Å². The zero-order chi connectivity index (χ0) is 10.3. The summed E-state index contributed by atoms with van der Waals surface area (Å²) in [6.45, 7) is 4.66. The summed E-state index contributed by atoms with van der Waals surface area (Å²) in [5.41, 5.74) is 0. The molecule has 1 unspecified atom stereocenters. The van der Waals surface area contributed by atoms with Crippen LogP contribution in [0.1, 0.15) is 20.3 Å². The first-order chi connectivity index (χ1) is 6.04. The fraction of sp³-hybridized carbons (Fsp3) is 0.667. The zero-order valence-corrected chi connectivity index (χ0v) is 8.95. The first-order valence-electron chi connectivity index (χ1n) is 4.23. The van der Waals surface area contributed by atoms with Crippen molar-refractivity contribution in [3.8, 4) is 12.3 Å². The molecule has 0 aromatic carbocycles. The molecule has 0 bridgehead atoms. The fourth-order valence-electron chi connectivity index (χ4n) is 0.714. The number of rotatable bonds is 5. The first-order valence-corrected chi connectivity index (χ1v) is 4.68. The number of nitrogens with one attached hydrogen (secondary N) is 2. The Morgan fingerprint density at radius 3 is 2.77 bits per heavy atom. The van der Waals surface area contributed by atoms with Gasteiger partial charge in [-0.3, -0.25) is 10.1 Å². The molecule has 0 aromatic rings. The smallest absolute Gasteiger partial charge is 0.250 e. The van der Waals surface area contributed by atoms with E-state index in [0.29, 0.717) is 13.1 Å². The second kappa shape index (κ2) is 5.90. The number of carbonyl (C=O) groups is 1. The third-order valence-corrected chi connectivity index (χ3v) is 1.87. The first kappa shape index (κ1) is 12.3. The highest BCUT2D eigenvalue weighted by molar-refractivity contribution is 7.82.